The number of imidazole rings is 1. The molecule has 55 valence electrons. The van der Waals surface area contributed by atoms with E-state index in [9.17, 15) is 0 Å². The molecule has 1 radical (unpaired) electrons. The van der Waals surface area contributed by atoms with Crippen molar-refractivity contribution in [3.05, 3.63) is 19.7 Å². The third kappa shape index (κ3) is 0.739. The predicted octanol–water partition coefficient (Wildman–Crippen LogP) is 0.0482. The molecule has 11 heavy (non-hydrogen) atoms. The van der Waals surface area contributed by atoms with Gasteiger partial charge in [-0.15, -0.1) is 0 Å². The van der Waals surface area contributed by atoms with Crippen LogP contribution in [-0.4, -0.2) is 19.5 Å². The van der Waals surface area contributed by atoms with Crippen LogP contribution in [0.25, 0.3) is 11.2 Å². The van der Waals surface area contributed by atoms with Gasteiger partial charge in [-0.3, -0.25) is 0 Å². The van der Waals surface area contributed by atoms with Crippen LogP contribution in [-0.2, 0) is 0 Å². The molecule has 0 bridgehead atoms. The molecule has 0 spiro atoms. The van der Waals surface area contributed by atoms with E-state index in [0.717, 1.165) is 0 Å². The molecule has 5 heteroatoms. The van der Waals surface area contributed by atoms with Crippen molar-refractivity contribution >= 4 is 17.0 Å². The molecular formula is C6H6N5. The average molecular weight is 148 g/mol. The van der Waals surface area contributed by atoms with Crippen molar-refractivity contribution in [2.24, 2.45) is 0 Å². The summed E-state index contributed by atoms with van der Waals surface area (Å²) in [6.07, 6.45) is 2.94. The van der Waals surface area contributed by atoms with Gasteiger partial charge in [0.25, 0.3) is 0 Å². The van der Waals surface area contributed by atoms with E-state index in [1.807, 2.05) is 0 Å². The Morgan fingerprint density at radius 2 is 2.18 bits per heavy atom. The van der Waals surface area contributed by atoms with Gasteiger partial charge in [-0.1, -0.05) is 0 Å². The highest BCUT2D eigenvalue weighted by Gasteiger charge is 2.03. The lowest BCUT2D eigenvalue weighted by Gasteiger charge is -1.92. The number of nitrogen functional groups attached to an aromatic ring is 1. The van der Waals surface area contributed by atoms with Gasteiger partial charge in [0.1, 0.15) is 11.8 Å². The topological polar surface area (TPSA) is 69.6 Å². The third-order valence-electron chi connectivity index (χ3n) is 1.43. The molecule has 5 nitrogen and oxygen atoms in total. The highest BCUT2D eigenvalue weighted by atomic mass is 15.1. The Kier molecular flexibility index (Phi) is 1.06. The molecule has 2 rings (SSSR count). The van der Waals surface area contributed by atoms with Crippen molar-refractivity contribution in [2.75, 3.05) is 5.73 Å². The summed E-state index contributed by atoms with van der Waals surface area (Å²) in [5.41, 5.74) is 6.76. The molecule has 2 heterocycles. The molecule has 0 fully saturated rings. The number of anilines is 1. The first-order valence-corrected chi connectivity index (χ1v) is 3.03. The largest absolute Gasteiger partial charge is 0.382 e. The molecule has 0 saturated carbocycles. The Labute approximate surface area is 62.9 Å². The van der Waals surface area contributed by atoms with Crippen molar-refractivity contribution < 1.29 is 0 Å². The zero-order chi connectivity index (χ0) is 7.84. The Morgan fingerprint density at radius 3 is 2.91 bits per heavy atom. The number of aromatic nitrogens is 4. The van der Waals surface area contributed by atoms with Gasteiger partial charge >= 0.3 is 0 Å². The van der Waals surface area contributed by atoms with Crippen LogP contribution < -0.4 is 5.73 Å². The summed E-state index contributed by atoms with van der Waals surface area (Å²) in [7, 11) is 3.66. The highest BCUT2D eigenvalue weighted by Crippen LogP contribution is 2.12. The van der Waals surface area contributed by atoms with Crippen molar-refractivity contribution in [3.8, 4) is 0 Å². The smallest absolute Gasteiger partial charge is 0.165 e. The van der Waals surface area contributed by atoms with Crippen LogP contribution >= 0.6 is 0 Å². The van der Waals surface area contributed by atoms with Gasteiger partial charge in [0, 0.05) is 7.05 Å². The van der Waals surface area contributed by atoms with E-state index in [0.29, 0.717) is 17.0 Å². The summed E-state index contributed by atoms with van der Waals surface area (Å²) in [6, 6.07) is 0. The summed E-state index contributed by atoms with van der Waals surface area (Å²) in [4.78, 5) is 11.7. The fourth-order valence-electron chi connectivity index (χ4n) is 0.899. The summed E-state index contributed by atoms with van der Waals surface area (Å²) < 4.78 is 1.55. The summed E-state index contributed by atoms with van der Waals surface area (Å²) >= 11 is 0. The first-order valence-electron chi connectivity index (χ1n) is 3.03. The van der Waals surface area contributed by atoms with Crippen LogP contribution in [0, 0.1) is 7.05 Å². The zero-order valence-electron chi connectivity index (χ0n) is 5.73. The van der Waals surface area contributed by atoms with E-state index >= 15 is 0 Å². The third-order valence-corrected chi connectivity index (χ3v) is 1.43. The quantitative estimate of drug-likeness (QED) is 0.573. The zero-order valence-corrected chi connectivity index (χ0v) is 5.73. The Bertz CT molecular complexity index is 391. The van der Waals surface area contributed by atoms with Crippen molar-refractivity contribution in [1.29, 1.82) is 0 Å². The Balaban J connectivity index is 2.94. The Morgan fingerprint density at radius 1 is 1.36 bits per heavy atom. The highest BCUT2D eigenvalue weighted by molar-refractivity contribution is 5.81. The van der Waals surface area contributed by atoms with Crippen LogP contribution in [0.15, 0.2) is 12.7 Å². The van der Waals surface area contributed by atoms with Gasteiger partial charge in [0.05, 0.1) is 6.33 Å². The first kappa shape index (κ1) is 6.09. The molecule has 0 aliphatic carbocycles. The van der Waals surface area contributed by atoms with Gasteiger partial charge in [-0.2, -0.15) is 0 Å². The molecule has 0 aromatic carbocycles. The molecular weight excluding hydrogens is 142 g/mol. The van der Waals surface area contributed by atoms with Gasteiger partial charge in [0.2, 0.25) is 0 Å². The number of nitrogens with two attached hydrogens (primary N) is 1. The lowest BCUT2D eigenvalue weighted by molar-refractivity contribution is 1.06. The van der Waals surface area contributed by atoms with E-state index in [1.165, 1.54) is 6.33 Å². The second-order valence-electron chi connectivity index (χ2n) is 2.15. The maximum Gasteiger partial charge on any atom is 0.165 e. The minimum Gasteiger partial charge on any atom is -0.382 e. The normalized spacial score (nSPS) is 10.6. The molecule has 0 aliphatic heterocycles. The van der Waals surface area contributed by atoms with Crippen LogP contribution in [0.2, 0.25) is 0 Å². The summed E-state index contributed by atoms with van der Waals surface area (Å²) in [5.74, 6) is 0.386. The average Bonchev–Trinajstić information content (AvgIpc) is 2.35. The molecule has 0 aliphatic rings. The maximum absolute atomic E-state index is 5.51. The predicted molar refractivity (Wildman–Crippen MR) is 40.5 cm³/mol. The van der Waals surface area contributed by atoms with Crippen LogP contribution in [0.1, 0.15) is 0 Å². The van der Waals surface area contributed by atoms with Gasteiger partial charge in [-0.25, -0.2) is 15.0 Å². The van der Waals surface area contributed by atoms with Crippen LogP contribution in [0.4, 0.5) is 5.82 Å². The molecule has 2 aromatic rings. The van der Waals surface area contributed by atoms with E-state index in [2.05, 4.69) is 22.0 Å². The second-order valence-corrected chi connectivity index (χ2v) is 2.15. The van der Waals surface area contributed by atoms with E-state index < -0.39 is 0 Å². The Hall–Kier alpha value is -1.65. The van der Waals surface area contributed by atoms with Gasteiger partial charge in [0.15, 0.2) is 11.5 Å². The molecule has 0 atom stereocenters. The van der Waals surface area contributed by atoms with Crippen LogP contribution in [0.3, 0.4) is 0 Å². The number of hydrogen-bond donors (Lipinski definition) is 1. The van der Waals surface area contributed by atoms with E-state index in [4.69, 9.17) is 5.73 Å². The lowest BCUT2D eigenvalue weighted by Crippen LogP contribution is -1.93. The first-order chi connectivity index (χ1) is 5.29. The summed E-state index contributed by atoms with van der Waals surface area (Å²) in [6.45, 7) is 0. The molecule has 0 saturated heterocycles. The van der Waals surface area contributed by atoms with Gasteiger partial charge < -0.3 is 10.3 Å². The number of rotatable bonds is 0. The fraction of sp³-hybridized carbons (Fsp3) is 0. The van der Waals surface area contributed by atoms with Crippen molar-refractivity contribution in [3.63, 3.8) is 0 Å². The van der Waals surface area contributed by atoms with Crippen molar-refractivity contribution in [1.82, 2.24) is 19.5 Å². The molecule has 0 amide bonds. The van der Waals surface area contributed by atoms with E-state index in [1.54, 1.807) is 10.9 Å². The minimum absolute atomic E-state index is 0.386. The number of hydrogen-bond acceptors (Lipinski definition) is 4. The molecule has 2 aromatic heterocycles. The molecule has 0 unspecified atom stereocenters. The second kappa shape index (κ2) is 1.91. The standard InChI is InChI=1S/C6H6N5/c1-11-3-10-4-5(7)8-2-9-6(4)11/h2-3H,1H2,(H2,7,8,9). The van der Waals surface area contributed by atoms with Gasteiger partial charge in [-0.05, 0) is 0 Å². The number of fused-ring (bicyclic) bond motifs is 1. The summed E-state index contributed by atoms with van der Waals surface area (Å²) in [5, 5.41) is 0. The lowest BCUT2D eigenvalue weighted by atomic mass is 10.5. The van der Waals surface area contributed by atoms with Crippen LogP contribution in [0.5, 0.6) is 0 Å². The molecule has 2 N–H and O–H groups in total. The SMILES string of the molecule is [CH2]n1cnc2c(N)ncnc21. The number of nitrogens with zero attached hydrogens (tertiary/aromatic N) is 4. The maximum atomic E-state index is 5.51. The monoisotopic (exact) mass is 148 g/mol. The fourth-order valence-corrected chi connectivity index (χ4v) is 0.899. The minimum atomic E-state index is 0.386. The van der Waals surface area contributed by atoms with E-state index in [-0.39, 0.29) is 0 Å². The van der Waals surface area contributed by atoms with Crippen molar-refractivity contribution in [2.45, 2.75) is 0 Å².